The van der Waals surface area contributed by atoms with Crippen molar-refractivity contribution in [3.05, 3.63) is 24.3 Å². The van der Waals surface area contributed by atoms with Gasteiger partial charge in [-0.05, 0) is 19.1 Å². The summed E-state index contributed by atoms with van der Waals surface area (Å²) < 4.78 is 7.33. The Balaban J connectivity index is 0.000000386. The average molecular weight is 220 g/mol. The first-order valence-electron chi connectivity index (χ1n) is 5.78. The number of benzene rings is 1. The van der Waals surface area contributed by atoms with E-state index in [-0.39, 0.29) is 0 Å². The molecule has 3 nitrogen and oxygen atoms in total. The molecule has 16 heavy (non-hydrogen) atoms. The van der Waals surface area contributed by atoms with E-state index in [1.165, 1.54) is 6.42 Å². The fourth-order valence-corrected chi connectivity index (χ4v) is 1.38. The van der Waals surface area contributed by atoms with Crippen LogP contribution in [0.25, 0.3) is 11.0 Å². The maximum absolute atomic E-state index is 5.37. The predicted molar refractivity (Wildman–Crippen MR) is 67.8 cm³/mol. The fraction of sp³-hybridized carbons (Fsp3) is 0.462. The van der Waals surface area contributed by atoms with Crippen molar-refractivity contribution in [3.8, 4) is 6.01 Å². The van der Waals surface area contributed by atoms with Crippen molar-refractivity contribution in [3.63, 3.8) is 0 Å². The summed E-state index contributed by atoms with van der Waals surface area (Å²) in [5.74, 6) is 0. The molecule has 2 aromatic rings. The molecule has 3 heteroatoms. The third kappa shape index (κ3) is 2.75. The largest absolute Gasteiger partial charge is 0.465 e. The van der Waals surface area contributed by atoms with E-state index >= 15 is 0 Å². The molecular formula is C13H20N2O. The second kappa shape index (κ2) is 6.16. The van der Waals surface area contributed by atoms with E-state index in [9.17, 15) is 0 Å². The standard InChI is InChI=1S/C10H12N2O.C3H8/c1-3-13-10-11-8-6-4-5-7-9(8)12(10)2;1-3-2/h4-7H,3H2,1-2H3;3H2,1-2H3. The molecule has 0 atom stereocenters. The Labute approximate surface area is 97.1 Å². The maximum atomic E-state index is 5.37. The molecule has 0 aliphatic carbocycles. The molecule has 1 heterocycles. The zero-order valence-corrected chi connectivity index (χ0v) is 10.5. The first-order valence-corrected chi connectivity index (χ1v) is 5.78. The molecule has 2 rings (SSSR count). The number of rotatable bonds is 2. The van der Waals surface area contributed by atoms with E-state index < -0.39 is 0 Å². The van der Waals surface area contributed by atoms with Gasteiger partial charge < -0.3 is 4.74 Å². The number of para-hydroxylation sites is 2. The normalized spacial score (nSPS) is 9.75. The Morgan fingerprint density at radius 1 is 1.19 bits per heavy atom. The first kappa shape index (κ1) is 12.6. The van der Waals surface area contributed by atoms with Crippen molar-refractivity contribution in [1.29, 1.82) is 0 Å². The number of imidazole rings is 1. The zero-order chi connectivity index (χ0) is 12.0. The van der Waals surface area contributed by atoms with Gasteiger partial charge in [-0.3, -0.25) is 4.57 Å². The molecular weight excluding hydrogens is 200 g/mol. The van der Waals surface area contributed by atoms with Crippen LogP contribution in [0.1, 0.15) is 27.2 Å². The highest BCUT2D eigenvalue weighted by atomic mass is 16.5. The second-order valence-corrected chi connectivity index (χ2v) is 3.58. The number of hydrogen-bond acceptors (Lipinski definition) is 2. The summed E-state index contributed by atoms with van der Waals surface area (Å²) >= 11 is 0. The molecule has 0 bridgehead atoms. The topological polar surface area (TPSA) is 27.1 Å². The maximum Gasteiger partial charge on any atom is 0.297 e. The number of fused-ring (bicyclic) bond motifs is 1. The zero-order valence-electron chi connectivity index (χ0n) is 10.5. The molecule has 0 saturated carbocycles. The Bertz CT molecular complexity index is 434. The van der Waals surface area contributed by atoms with Crippen LogP contribution in [-0.4, -0.2) is 16.2 Å². The van der Waals surface area contributed by atoms with Gasteiger partial charge in [0.1, 0.15) is 0 Å². The minimum absolute atomic E-state index is 0.650. The van der Waals surface area contributed by atoms with Crippen LogP contribution in [0, 0.1) is 0 Å². The third-order valence-corrected chi connectivity index (χ3v) is 2.02. The highest BCUT2D eigenvalue weighted by Gasteiger charge is 2.05. The van der Waals surface area contributed by atoms with E-state index in [1.807, 2.05) is 42.8 Å². The van der Waals surface area contributed by atoms with Crippen LogP contribution in [0.2, 0.25) is 0 Å². The van der Waals surface area contributed by atoms with Gasteiger partial charge in [0, 0.05) is 7.05 Å². The molecule has 0 fully saturated rings. The summed E-state index contributed by atoms with van der Waals surface area (Å²) in [6.45, 7) is 6.86. The van der Waals surface area contributed by atoms with Crippen molar-refractivity contribution in [2.24, 2.45) is 7.05 Å². The van der Waals surface area contributed by atoms with Crippen molar-refractivity contribution in [2.75, 3.05) is 6.61 Å². The average Bonchev–Trinajstić information content (AvgIpc) is 2.59. The summed E-state index contributed by atoms with van der Waals surface area (Å²) in [6.07, 6.45) is 1.25. The molecule has 1 aromatic heterocycles. The second-order valence-electron chi connectivity index (χ2n) is 3.58. The van der Waals surface area contributed by atoms with Crippen LogP contribution in [-0.2, 0) is 7.05 Å². The van der Waals surface area contributed by atoms with E-state index in [2.05, 4.69) is 18.8 Å². The molecule has 0 N–H and O–H groups in total. The van der Waals surface area contributed by atoms with E-state index in [0.717, 1.165) is 11.0 Å². The Morgan fingerprint density at radius 2 is 1.81 bits per heavy atom. The summed E-state index contributed by atoms with van der Waals surface area (Å²) in [5.41, 5.74) is 2.08. The van der Waals surface area contributed by atoms with Crippen molar-refractivity contribution >= 4 is 11.0 Å². The van der Waals surface area contributed by atoms with Crippen LogP contribution < -0.4 is 4.74 Å². The minimum atomic E-state index is 0.650. The summed E-state index contributed by atoms with van der Waals surface area (Å²) in [6, 6.07) is 8.68. The van der Waals surface area contributed by atoms with Gasteiger partial charge in [0.15, 0.2) is 0 Å². The van der Waals surface area contributed by atoms with Gasteiger partial charge in [-0.2, -0.15) is 4.98 Å². The third-order valence-electron chi connectivity index (χ3n) is 2.02. The van der Waals surface area contributed by atoms with Crippen molar-refractivity contribution in [2.45, 2.75) is 27.2 Å². The Morgan fingerprint density at radius 3 is 2.38 bits per heavy atom. The molecule has 0 spiro atoms. The quantitative estimate of drug-likeness (QED) is 0.775. The highest BCUT2D eigenvalue weighted by Crippen LogP contribution is 2.18. The number of aromatic nitrogens is 2. The van der Waals surface area contributed by atoms with E-state index in [1.54, 1.807) is 0 Å². The van der Waals surface area contributed by atoms with Crippen LogP contribution >= 0.6 is 0 Å². The van der Waals surface area contributed by atoms with Gasteiger partial charge in [-0.25, -0.2) is 0 Å². The lowest BCUT2D eigenvalue weighted by Gasteiger charge is -2.00. The monoisotopic (exact) mass is 220 g/mol. The molecule has 1 aromatic carbocycles. The van der Waals surface area contributed by atoms with E-state index in [4.69, 9.17) is 4.74 Å². The van der Waals surface area contributed by atoms with Crippen LogP contribution in [0.4, 0.5) is 0 Å². The first-order chi connectivity index (χ1) is 7.74. The molecule has 88 valence electrons. The van der Waals surface area contributed by atoms with Gasteiger partial charge in [-0.15, -0.1) is 0 Å². The van der Waals surface area contributed by atoms with Crippen LogP contribution in [0.15, 0.2) is 24.3 Å². The lowest BCUT2D eigenvalue weighted by molar-refractivity contribution is 0.304. The Kier molecular flexibility index (Phi) is 4.83. The molecule has 0 aliphatic heterocycles. The number of hydrogen-bond donors (Lipinski definition) is 0. The van der Waals surface area contributed by atoms with Gasteiger partial charge in [0.25, 0.3) is 6.01 Å². The number of aryl methyl sites for hydroxylation is 1. The van der Waals surface area contributed by atoms with Gasteiger partial charge in [0.2, 0.25) is 0 Å². The minimum Gasteiger partial charge on any atom is -0.465 e. The molecule has 0 saturated heterocycles. The molecule has 0 unspecified atom stereocenters. The number of ether oxygens (including phenoxy) is 1. The lowest BCUT2D eigenvalue weighted by atomic mass is 10.3. The van der Waals surface area contributed by atoms with Crippen LogP contribution in [0.3, 0.4) is 0 Å². The number of nitrogens with zero attached hydrogens (tertiary/aromatic N) is 2. The lowest BCUT2D eigenvalue weighted by Crippen LogP contribution is -1.98. The summed E-state index contributed by atoms with van der Waals surface area (Å²) in [5, 5.41) is 0. The fourth-order valence-electron chi connectivity index (χ4n) is 1.38. The van der Waals surface area contributed by atoms with Crippen LogP contribution in [0.5, 0.6) is 6.01 Å². The molecule has 0 amide bonds. The Hall–Kier alpha value is -1.51. The molecule has 0 radical (unpaired) electrons. The van der Waals surface area contributed by atoms with Gasteiger partial charge >= 0.3 is 0 Å². The summed E-state index contributed by atoms with van der Waals surface area (Å²) in [7, 11) is 1.96. The van der Waals surface area contributed by atoms with Gasteiger partial charge in [0.05, 0.1) is 17.6 Å². The SMILES string of the molecule is CCC.CCOc1nc2ccccc2n1C. The van der Waals surface area contributed by atoms with Crippen molar-refractivity contribution in [1.82, 2.24) is 9.55 Å². The summed E-state index contributed by atoms with van der Waals surface area (Å²) in [4.78, 5) is 4.34. The predicted octanol–water partition coefficient (Wildman–Crippen LogP) is 3.39. The molecule has 0 aliphatic rings. The van der Waals surface area contributed by atoms with E-state index in [0.29, 0.717) is 12.6 Å². The van der Waals surface area contributed by atoms with Crippen molar-refractivity contribution < 1.29 is 4.74 Å². The smallest absolute Gasteiger partial charge is 0.297 e. The highest BCUT2D eigenvalue weighted by molar-refractivity contribution is 5.76. The van der Waals surface area contributed by atoms with Gasteiger partial charge in [-0.1, -0.05) is 32.4 Å².